The van der Waals surface area contributed by atoms with E-state index in [2.05, 4.69) is 14.8 Å². The fourth-order valence-corrected chi connectivity index (χ4v) is 4.51. The Morgan fingerprint density at radius 1 is 1.00 bits per heavy atom. The molecule has 7 nitrogen and oxygen atoms in total. The van der Waals surface area contributed by atoms with Gasteiger partial charge in [0, 0.05) is 61.6 Å². The summed E-state index contributed by atoms with van der Waals surface area (Å²) in [6.45, 7) is 3.39. The Labute approximate surface area is 164 Å². The Hall–Kier alpha value is -2.70. The van der Waals surface area contributed by atoms with Crippen LogP contribution in [0.1, 0.15) is 38.5 Å². The van der Waals surface area contributed by atoms with E-state index < -0.39 is 0 Å². The van der Waals surface area contributed by atoms with Crippen LogP contribution < -0.4 is 4.90 Å². The second-order valence-electron chi connectivity index (χ2n) is 7.78. The Morgan fingerprint density at radius 2 is 1.71 bits per heavy atom. The minimum absolute atomic E-state index is 0.0816. The molecule has 3 heterocycles. The second-order valence-corrected chi connectivity index (χ2v) is 7.78. The molecule has 7 heteroatoms. The molecule has 1 aromatic carbocycles. The normalized spacial score (nSPS) is 18.9. The molecule has 0 unspecified atom stereocenters. The molecule has 2 aromatic rings. The van der Waals surface area contributed by atoms with Gasteiger partial charge in [-0.25, -0.2) is 0 Å². The van der Waals surface area contributed by atoms with Gasteiger partial charge in [0.1, 0.15) is 0 Å². The van der Waals surface area contributed by atoms with Crippen molar-refractivity contribution >= 4 is 28.1 Å². The molecule has 1 aromatic heterocycles. The van der Waals surface area contributed by atoms with E-state index in [0.717, 1.165) is 62.9 Å². The Morgan fingerprint density at radius 3 is 2.39 bits per heavy atom. The van der Waals surface area contributed by atoms with Crippen molar-refractivity contribution in [1.82, 2.24) is 9.88 Å². The van der Waals surface area contributed by atoms with E-state index in [1.165, 1.54) is 12.8 Å². The number of non-ortho nitro benzene ring substituents is 1. The average Bonchev–Trinajstić information content (AvgIpc) is 3.02. The molecule has 148 valence electrons. The van der Waals surface area contributed by atoms with E-state index in [0.29, 0.717) is 11.3 Å². The number of hydrogen-bond donors (Lipinski definition) is 0. The average molecular weight is 382 g/mol. The summed E-state index contributed by atoms with van der Waals surface area (Å²) in [7, 11) is 0. The maximum Gasteiger partial charge on any atom is 0.278 e. The third kappa shape index (κ3) is 3.66. The van der Waals surface area contributed by atoms with Crippen molar-refractivity contribution in [3.8, 4) is 0 Å². The molecule has 0 radical (unpaired) electrons. The van der Waals surface area contributed by atoms with E-state index in [9.17, 15) is 14.9 Å². The second kappa shape index (κ2) is 8.12. The fraction of sp³-hybridized carbons (Fsp3) is 0.524. The predicted octanol–water partition coefficient (Wildman–Crippen LogP) is 3.76. The SMILES string of the molecule is O=C(C1CCN(c2ccc([N+](=O)[O-])c3cnccc23)CC1)N1CCCCCC1. The molecular formula is C21H26N4O3. The lowest BCUT2D eigenvalue weighted by Crippen LogP contribution is -2.43. The van der Waals surface area contributed by atoms with Crippen LogP contribution >= 0.6 is 0 Å². The van der Waals surface area contributed by atoms with Gasteiger partial charge in [-0.3, -0.25) is 19.9 Å². The molecule has 0 saturated carbocycles. The number of carbonyl (C=O) groups is 1. The summed E-state index contributed by atoms with van der Waals surface area (Å²) in [5, 5.41) is 12.7. The number of anilines is 1. The minimum atomic E-state index is -0.361. The molecular weight excluding hydrogens is 356 g/mol. The first kappa shape index (κ1) is 18.7. The third-order valence-electron chi connectivity index (χ3n) is 6.07. The van der Waals surface area contributed by atoms with Gasteiger partial charge in [0.05, 0.1) is 10.3 Å². The van der Waals surface area contributed by atoms with Gasteiger partial charge >= 0.3 is 0 Å². The number of rotatable bonds is 3. The van der Waals surface area contributed by atoms with Crippen molar-refractivity contribution in [2.45, 2.75) is 38.5 Å². The van der Waals surface area contributed by atoms with Crippen LogP contribution in [0, 0.1) is 16.0 Å². The molecule has 2 aliphatic rings. The number of pyridine rings is 1. The van der Waals surface area contributed by atoms with Crippen LogP contribution in [-0.2, 0) is 4.79 Å². The number of nitro groups is 1. The number of aromatic nitrogens is 1. The molecule has 0 atom stereocenters. The zero-order chi connectivity index (χ0) is 19.5. The smallest absolute Gasteiger partial charge is 0.278 e. The van der Waals surface area contributed by atoms with E-state index >= 15 is 0 Å². The summed E-state index contributed by atoms with van der Waals surface area (Å²) in [4.78, 5) is 32.2. The molecule has 0 spiro atoms. The van der Waals surface area contributed by atoms with E-state index in [4.69, 9.17) is 0 Å². The van der Waals surface area contributed by atoms with Gasteiger partial charge in [-0.05, 0) is 37.8 Å². The summed E-state index contributed by atoms with van der Waals surface area (Å²) < 4.78 is 0. The van der Waals surface area contributed by atoms with Crippen LogP contribution in [0.2, 0.25) is 0 Å². The highest BCUT2D eigenvalue weighted by Crippen LogP contribution is 2.35. The lowest BCUT2D eigenvalue weighted by molar-refractivity contribution is -0.383. The maximum absolute atomic E-state index is 12.9. The third-order valence-corrected chi connectivity index (χ3v) is 6.07. The first-order valence-corrected chi connectivity index (χ1v) is 10.2. The summed E-state index contributed by atoms with van der Waals surface area (Å²) in [5.74, 6) is 0.416. The highest BCUT2D eigenvalue weighted by Gasteiger charge is 2.29. The quantitative estimate of drug-likeness (QED) is 0.596. The minimum Gasteiger partial charge on any atom is -0.371 e. The monoisotopic (exact) mass is 382 g/mol. The van der Waals surface area contributed by atoms with Crippen LogP contribution in [-0.4, -0.2) is 46.9 Å². The van der Waals surface area contributed by atoms with Crippen molar-refractivity contribution in [1.29, 1.82) is 0 Å². The van der Waals surface area contributed by atoms with Gasteiger partial charge in [-0.1, -0.05) is 12.8 Å². The van der Waals surface area contributed by atoms with Crippen LogP contribution in [0.5, 0.6) is 0 Å². The molecule has 4 rings (SSSR count). The summed E-state index contributed by atoms with van der Waals surface area (Å²) in [6.07, 6.45) is 9.59. The van der Waals surface area contributed by atoms with Gasteiger partial charge in [-0.2, -0.15) is 0 Å². The van der Waals surface area contributed by atoms with Crippen LogP contribution in [0.15, 0.2) is 30.6 Å². The predicted molar refractivity (Wildman–Crippen MR) is 108 cm³/mol. The Bertz CT molecular complexity index is 869. The topological polar surface area (TPSA) is 79.6 Å². The lowest BCUT2D eigenvalue weighted by Gasteiger charge is -2.35. The van der Waals surface area contributed by atoms with Crippen LogP contribution in [0.25, 0.3) is 10.8 Å². The van der Waals surface area contributed by atoms with E-state index in [-0.39, 0.29) is 16.5 Å². The van der Waals surface area contributed by atoms with Gasteiger partial charge in [-0.15, -0.1) is 0 Å². The number of nitrogens with zero attached hydrogens (tertiary/aromatic N) is 4. The standard InChI is InChI=1S/C21H26N4O3/c26-21(24-11-3-1-2-4-12-24)16-8-13-23(14-9-16)19-5-6-20(25(27)28)18-15-22-10-7-17(18)19/h5-7,10,15-16H,1-4,8-9,11-14H2. The van der Waals surface area contributed by atoms with Crippen LogP contribution in [0.3, 0.4) is 0 Å². The highest BCUT2D eigenvalue weighted by atomic mass is 16.6. The van der Waals surface area contributed by atoms with Crippen molar-refractivity contribution in [2.24, 2.45) is 5.92 Å². The molecule has 28 heavy (non-hydrogen) atoms. The number of nitro benzene ring substituents is 1. The molecule has 1 amide bonds. The Kier molecular flexibility index (Phi) is 5.41. The first-order valence-electron chi connectivity index (χ1n) is 10.2. The van der Waals surface area contributed by atoms with Gasteiger partial charge < -0.3 is 9.80 Å². The van der Waals surface area contributed by atoms with Crippen LogP contribution in [0.4, 0.5) is 11.4 Å². The Balaban J connectivity index is 1.49. The molecule has 2 fully saturated rings. The lowest BCUT2D eigenvalue weighted by atomic mass is 9.94. The summed E-state index contributed by atoms with van der Waals surface area (Å²) in [6, 6.07) is 5.23. The van der Waals surface area contributed by atoms with E-state index in [1.54, 1.807) is 18.5 Å². The molecule has 0 bridgehead atoms. The number of carbonyl (C=O) groups excluding carboxylic acids is 1. The van der Waals surface area contributed by atoms with Crippen molar-refractivity contribution in [3.63, 3.8) is 0 Å². The molecule has 0 N–H and O–H groups in total. The van der Waals surface area contributed by atoms with E-state index in [1.807, 2.05) is 12.1 Å². The van der Waals surface area contributed by atoms with Gasteiger partial charge in [0.2, 0.25) is 5.91 Å². The first-order chi connectivity index (χ1) is 13.6. The van der Waals surface area contributed by atoms with Crippen molar-refractivity contribution in [3.05, 3.63) is 40.7 Å². The molecule has 2 saturated heterocycles. The molecule has 0 aliphatic carbocycles. The number of amides is 1. The maximum atomic E-state index is 12.9. The highest BCUT2D eigenvalue weighted by molar-refractivity contribution is 5.99. The molecule has 2 aliphatic heterocycles. The van der Waals surface area contributed by atoms with Crippen molar-refractivity contribution < 1.29 is 9.72 Å². The fourth-order valence-electron chi connectivity index (χ4n) is 4.51. The zero-order valence-corrected chi connectivity index (χ0v) is 16.0. The van der Waals surface area contributed by atoms with Gasteiger partial charge in [0.25, 0.3) is 5.69 Å². The number of piperidine rings is 1. The summed E-state index contributed by atoms with van der Waals surface area (Å²) >= 11 is 0. The number of benzene rings is 1. The summed E-state index contributed by atoms with van der Waals surface area (Å²) in [5.41, 5.74) is 1.07. The number of hydrogen-bond acceptors (Lipinski definition) is 5. The van der Waals surface area contributed by atoms with Gasteiger partial charge in [0.15, 0.2) is 0 Å². The number of fused-ring (bicyclic) bond motifs is 1. The van der Waals surface area contributed by atoms with Crippen molar-refractivity contribution in [2.75, 3.05) is 31.1 Å². The largest absolute Gasteiger partial charge is 0.371 e. The zero-order valence-electron chi connectivity index (χ0n) is 16.0. The number of likely N-dealkylation sites (tertiary alicyclic amines) is 1.